The van der Waals surface area contributed by atoms with Crippen LogP contribution in [0.5, 0.6) is 0 Å². The van der Waals surface area contributed by atoms with Gasteiger partial charge in [-0.2, -0.15) is 11.8 Å². The molecule has 2 heterocycles. The minimum absolute atomic E-state index is 0.0729. The highest BCUT2D eigenvalue weighted by molar-refractivity contribution is 7.98. The summed E-state index contributed by atoms with van der Waals surface area (Å²) in [5, 5.41) is 0. The lowest BCUT2D eigenvalue weighted by atomic mass is 10.1. The first-order valence-electron chi connectivity index (χ1n) is 5.83. The number of benzene rings is 1. The Kier molecular flexibility index (Phi) is 3.41. The van der Waals surface area contributed by atoms with Crippen molar-refractivity contribution in [1.82, 2.24) is 0 Å². The van der Waals surface area contributed by atoms with E-state index in [0.717, 1.165) is 36.1 Å². The molecule has 5 heteroatoms. The van der Waals surface area contributed by atoms with E-state index >= 15 is 0 Å². The zero-order valence-electron chi connectivity index (χ0n) is 9.91. The summed E-state index contributed by atoms with van der Waals surface area (Å²) in [5.41, 5.74) is 1.25. The summed E-state index contributed by atoms with van der Waals surface area (Å²) in [5.74, 6) is 0.232. The van der Waals surface area contributed by atoms with Crippen molar-refractivity contribution < 1.29 is 13.6 Å². The number of carbonyl (C=O) groups excluding carboxylic acids is 1. The van der Waals surface area contributed by atoms with Crippen molar-refractivity contribution in [3.05, 3.63) is 56.8 Å². The van der Waals surface area contributed by atoms with Crippen LogP contribution in [0.15, 0.2) is 24.3 Å². The zero-order chi connectivity index (χ0) is 13.4. The molecule has 0 aliphatic carbocycles. The number of ketones is 1. The van der Waals surface area contributed by atoms with Crippen LogP contribution < -0.4 is 0 Å². The van der Waals surface area contributed by atoms with Crippen molar-refractivity contribution in [2.45, 2.75) is 12.2 Å². The molecule has 1 aliphatic heterocycles. The molecule has 2 aromatic rings. The Labute approximate surface area is 117 Å². The Balaban J connectivity index is 1.97. The van der Waals surface area contributed by atoms with Crippen LogP contribution in [-0.4, -0.2) is 11.5 Å². The third-order valence-electron chi connectivity index (χ3n) is 2.98. The van der Waals surface area contributed by atoms with Gasteiger partial charge in [0.25, 0.3) is 0 Å². The van der Waals surface area contributed by atoms with Gasteiger partial charge in [-0.15, -0.1) is 11.3 Å². The fraction of sp³-hybridized carbons (Fsp3) is 0.214. The van der Waals surface area contributed by atoms with E-state index in [1.54, 1.807) is 0 Å². The van der Waals surface area contributed by atoms with Gasteiger partial charge in [-0.05, 0) is 35.9 Å². The molecule has 0 saturated carbocycles. The number of thioether (sulfide) groups is 1. The summed E-state index contributed by atoms with van der Waals surface area (Å²) in [7, 11) is 0. The summed E-state index contributed by atoms with van der Waals surface area (Å²) in [6, 6.07) is 4.79. The second-order valence-electron chi connectivity index (χ2n) is 4.35. The molecule has 0 saturated heterocycles. The Bertz CT molecular complexity index is 605. The average Bonchev–Trinajstić information content (AvgIpc) is 2.80. The molecule has 0 unspecified atom stereocenters. The predicted octanol–water partition coefficient (Wildman–Crippen LogP) is 4.05. The van der Waals surface area contributed by atoms with Gasteiger partial charge in [-0.3, -0.25) is 4.79 Å². The van der Waals surface area contributed by atoms with Gasteiger partial charge in [0.2, 0.25) is 5.78 Å². The van der Waals surface area contributed by atoms with Crippen molar-refractivity contribution in [3.8, 4) is 0 Å². The lowest BCUT2D eigenvalue weighted by Gasteiger charge is -2.08. The van der Waals surface area contributed by atoms with Crippen LogP contribution in [-0.2, 0) is 12.2 Å². The molecule has 0 N–H and O–H groups in total. The lowest BCUT2D eigenvalue weighted by Crippen LogP contribution is -2.00. The van der Waals surface area contributed by atoms with Gasteiger partial charge in [0, 0.05) is 22.3 Å². The van der Waals surface area contributed by atoms with Crippen LogP contribution in [0, 0.1) is 11.6 Å². The first-order valence-corrected chi connectivity index (χ1v) is 7.81. The Morgan fingerprint density at radius 3 is 2.53 bits per heavy atom. The Morgan fingerprint density at radius 2 is 1.84 bits per heavy atom. The molecular formula is C14H10F2OS2. The molecule has 1 aliphatic rings. The Hall–Kier alpha value is -1.20. The molecule has 0 spiro atoms. The monoisotopic (exact) mass is 296 g/mol. The number of hydrogen-bond donors (Lipinski definition) is 0. The summed E-state index contributed by atoms with van der Waals surface area (Å²) < 4.78 is 26.3. The number of halogens is 2. The number of thiophene rings is 1. The van der Waals surface area contributed by atoms with Gasteiger partial charge < -0.3 is 0 Å². The summed E-state index contributed by atoms with van der Waals surface area (Å²) in [6.45, 7) is 0. The van der Waals surface area contributed by atoms with Gasteiger partial charge in [-0.25, -0.2) is 8.78 Å². The molecule has 1 aromatic carbocycles. The molecule has 0 atom stereocenters. The molecule has 0 bridgehead atoms. The number of carbonyl (C=O) groups is 1. The molecule has 3 rings (SSSR count). The van der Waals surface area contributed by atoms with Gasteiger partial charge in [0.05, 0.1) is 4.88 Å². The van der Waals surface area contributed by atoms with E-state index in [1.165, 1.54) is 21.8 Å². The van der Waals surface area contributed by atoms with Crippen LogP contribution >= 0.6 is 23.1 Å². The second-order valence-corrected chi connectivity index (χ2v) is 6.59. The second kappa shape index (κ2) is 5.06. The largest absolute Gasteiger partial charge is 0.288 e. The van der Waals surface area contributed by atoms with E-state index < -0.39 is 11.6 Å². The van der Waals surface area contributed by atoms with E-state index in [0.29, 0.717) is 4.88 Å². The standard InChI is InChI=1S/C14H10F2OS2/c15-10-3-8(4-11(16)6-10)14(17)13-5-9-7-18-2-1-12(9)19-13/h3-6H,1-2,7H2. The maximum Gasteiger partial charge on any atom is 0.203 e. The SMILES string of the molecule is O=C(c1cc(F)cc(F)c1)c1cc2c(s1)CCSC2. The van der Waals surface area contributed by atoms with Crippen LogP contribution in [0.2, 0.25) is 0 Å². The van der Waals surface area contributed by atoms with Crippen LogP contribution in [0.4, 0.5) is 8.78 Å². The van der Waals surface area contributed by atoms with E-state index in [4.69, 9.17) is 0 Å². The number of fused-ring (bicyclic) bond motifs is 1. The third-order valence-corrected chi connectivity index (χ3v) is 5.22. The fourth-order valence-electron chi connectivity index (χ4n) is 2.09. The van der Waals surface area contributed by atoms with Crippen molar-refractivity contribution in [1.29, 1.82) is 0 Å². The Morgan fingerprint density at radius 1 is 1.11 bits per heavy atom. The zero-order valence-corrected chi connectivity index (χ0v) is 11.5. The summed E-state index contributed by atoms with van der Waals surface area (Å²) >= 11 is 3.28. The van der Waals surface area contributed by atoms with Gasteiger partial charge in [-0.1, -0.05) is 0 Å². The molecule has 98 valence electrons. The van der Waals surface area contributed by atoms with E-state index in [9.17, 15) is 13.6 Å². The van der Waals surface area contributed by atoms with E-state index in [1.807, 2.05) is 17.8 Å². The van der Waals surface area contributed by atoms with Crippen molar-refractivity contribution in [3.63, 3.8) is 0 Å². The lowest BCUT2D eigenvalue weighted by molar-refractivity contribution is 0.104. The van der Waals surface area contributed by atoms with Crippen LogP contribution in [0.1, 0.15) is 25.7 Å². The number of hydrogen-bond acceptors (Lipinski definition) is 3. The van der Waals surface area contributed by atoms with Crippen LogP contribution in [0.3, 0.4) is 0 Å². The van der Waals surface area contributed by atoms with Crippen molar-refractivity contribution in [2.75, 3.05) is 5.75 Å². The summed E-state index contributed by atoms with van der Waals surface area (Å²) in [6.07, 6.45) is 0.968. The highest BCUT2D eigenvalue weighted by Crippen LogP contribution is 2.32. The number of aryl methyl sites for hydroxylation is 1. The maximum atomic E-state index is 13.1. The van der Waals surface area contributed by atoms with Gasteiger partial charge in [0.15, 0.2) is 0 Å². The summed E-state index contributed by atoms with van der Waals surface area (Å²) in [4.78, 5) is 14.0. The molecule has 19 heavy (non-hydrogen) atoms. The quantitative estimate of drug-likeness (QED) is 0.778. The normalized spacial score (nSPS) is 14.2. The minimum atomic E-state index is -0.722. The molecule has 0 amide bonds. The maximum absolute atomic E-state index is 13.1. The topological polar surface area (TPSA) is 17.1 Å². The predicted molar refractivity (Wildman–Crippen MR) is 74.0 cm³/mol. The van der Waals surface area contributed by atoms with Gasteiger partial charge >= 0.3 is 0 Å². The minimum Gasteiger partial charge on any atom is -0.288 e. The molecule has 1 nitrogen and oxygen atoms in total. The van der Waals surface area contributed by atoms with E-state index in [2.05, 4.69) is 0 Å². The van der Waals surface area contributed by atoms with Gasteiger partial charge in [0.1, 0.15) is 11.6 Å². The number of rotatable bonds is 2. The first-order chi connectivity index (χ1) is 9.13. The fourth-order valence-corrected chi connectivity index (χ4v) is 4.42. The average molecular weight is 296 g/mol. The van der Waals surface area contributed by atoms with E-state index in [-0.39, 0.29) is 11.3 Å². The van der Waals surface area contributed by atoms with Crippen molar-refractivity contribution in [2.24, 2.45) is 0 Å². The highest BCUT2D eigenvalue weighted by atomic mass is 32.2. The third kappa shape index (κ3) is 2.58. The molecule has 0 radical (unpaired) electrons. The van der Waals surface area contributed by atoms with Crippen molar-refractivity contribution >= 4 is 28.9 Å². The molecular weight excluding hydrogens is 286 g/mol. The smallest absolute Gasteiger partial charge is 0.203 e. The first kappa shape index (κ1) is 12.8. The molecule has 1 aromatic heterocycles. The highest BCUT2D eigenvalue weighted by Gasteiger charge is 2.19. The van der Waals surface area contributed by atoms with Crippen LogP contribution in [0.25, 0.3) is 0 Å². The molecule has 0 fully saturated rings.